The molecule has 2 rings (SSSR count). The van der Waals surface area contributed by atoms with Crippen LogP contribution in [0.25, 0.3) is 0 Å². The number of halogens is 2. The zero-order valence-electron chi connectivity index (χ0n) is 20.9. The van der Waals surface area contributed by atoms with Crippen LogP contribution in [0.15, 0.2) is 41.6 Å². The van der Waals surface area contributed by atoms with Crippen LogP contribution in [0.3, 0.4) is 0 Å². The van der Waals surface area contributed by atoms with Gasteiger partial charge in [0.05, 0.1) is 16.7 Å². The number of ether oxygens (including phenoxy) is 2. The van der Waals surface area contributed by atoms with E-state index in [9.17, 15) is 4.79 Å². The lowest BCUT2D eigenvalue weighted by Crippen LogP contribution is -2.29. The molecule has 0 aliphatic rings. The van der Waals surface area contributed by atoms with E-state index in [1.54, 1.807) is 18.2 Å². The first-order valence-electron chi connectivity index (χ1n) is 12.2. The van der Waals surface area contributed by atoms with E-state index in [0.717, 1.165) is 18.4 Å². The van der Waals surface area contributed by atoms with Gasteiger partial charge in [-0.2, -0.15) is 0 Å². The molecule has 0 aliphatic heterocycles. The van der Waals surface area contributed by atoms with Crippen molar-refractivity contribution in [2.75, 3.05) is 20.8 Å². The van der Waals surface area contributed by atoms with Crippen LogP contribution in [0.1, 0.15) is 69.4 Å². The van der Waals surface area contributed by atoms with Gasteiger partial charge in [0.25, 0.3) is 5.91 Å². The number of carbonyl (C=O) groups excluding carboxylic acids is 1. The number of nitrogens with zero attached hydrogens (tertiary/aromatic N) is 1. The smallest absolute Gasteiger partial charge is 0.273 e. The van der Waals surface area contributed by atoms with E-state index in [-0.39, 0.29) is 18.2 Å². The number of carbonyl (C=O) groups is 1. The maximum Gasteiger partial charge on any atom is 0.273 e. The highest BCUT2D eigenvalue weighted by Crippen LogP contribution is 2.37. The Labute approximate surface area is 218 Å². The van der Waals surface area contributed by atoms with Gasteiger partial charge in [-0.25, -0.2) is 0 Å². The number of nitrogens with one attached hydrogen (secondary N) is 1. The van der Waals surface area contributed by atoms with Crippen LogP contribution in [0.5, 0.6) is 11.5 Å². The number of likely N-dealkylation sites (N-methyl/N-ethyl adjacent to an activating group) is 1. The summed E-state index contributed by atoms with van der Waals surface area (Å²) in [5.41, 5.74) is 1.53. The highest BCUT2D eigenvalue weighted by atomic mass is 35.5. The van der Waals surface area contributed by atoms with E-state index in [4.69, 9.17) is 37.5 Å². The number of hydrogen-bond donors (Lipinski definition) is 1. The maximum absolute atomic E-state index is 12.2. The second kappa shape index (κ2) is 16.3. The second-order valence-corrected chi connectivity index (χ2v) is 9.00. The van der Waals surface area contributed by atoms with Crippen molar-refractivity contribution >= 4 is 34.8 Å². The Hall–Kier alpha value is -2.44. The van der Waals surface area contributed by atoms with Gasteiger partial charge in [-0.3, -0.25) is 4.79 Å². The van der Waals surface area contributed by atoms with Gasteiger partial charge in [0.2, 0.25) is 0 Å². The van der Waals surface area contributed by atoms with Crippen LogP contribution in [0.2, 0.25) is 10.0 Å². The summed E-state index contributed by atoms with van der Waals surface area (Å²) in [7, 11) is 2.93. The van der Waals surface area contributed by atoms with Crippen LogP contribution in [0, 0.1) is 0 Å². The molecule has 0 saturated heterocycles. The number of amides is 1. The van der Waals surface area contributed by atoms with E-state index >= 15 is 0 Å². The molecule has 35 heavy (non-hydrogen) atoms. The van der Waals surface area contributed by atoms with Gasteiger partial charge in [0.1, 0.15) is 19.5 Å². The molecule has 0 fully saturated rings. The topological polar surface area (TPSA) is 69.1 Å². The quantitative estimate of drug-likeness (QED) is 0.144. The first-order valence-corrected chi connectivity index (χ1v) is 12.9. The van der Waals surface area contributed by atoms with Gasteiger partial charge in [0.15, 0.2) is 11.5 Å². The molecule has 2 aromatic carbocycles. The normalized spacial score (nSPS) is 11.3. The summed E-state index contributed by atoms with van der Waals surface area (Å²) >= 11 is 12.9. The van der Waals surface area contributed by atoms with Crippen molar-refractivity contribution in [1.29, 1.82) is 0 Å². The summed E-state index contributed by atoms with van der Waals surface area (Å²) in [6.45, 7) is 2.99. The molecule has 192 valence electrons. The molecular weight excluding hydrogens is 487 g/mol. The molecule has 0 aliphatic carbocycles. The minimum atomic E-state index is -0.358. The van der Waals surface area contributed by atoms with Crippen LogP contribution in [-0.4, -0.2) is 32.4 Å². The Morgan fingerprint density at radius 3 is 2.20 bits per heavy atom. The van der Waals surface area contributed by atoms with E-state index in [2.05, 4.69) is 17.4 Å². The molecule has 0 bridgehead atoms. The van der Waals surface area contributed by atoms with Crippen molar-refractivity contribution in [3.63, 3.8) is 0 Å². The molecule has 0 atom stereocenters. The number of unbranched alkanes of at least 4 members (excludes halogenated alkanes) is 7. The monoisotopic (exact) mass is 522 g/mol. The largest absolute Gasteiger partial charge is 0.490 e. The minimum absolute atomic E-state index is 0.162. The highest BCUT2D eigenvalue weighted by Gasteiger charge is 2.18. The number of oxime groups is 1. The van der Waals surface area contributed by atoms with Crippen LogP contribution in [-0.2, 0) is 16.2 Å². The van der Waals surface area contributed by atoms with Crippen molar-refractivity contribution in [1.82, 2.24) is 5.32 Å². The van der Waals surface area contributed by atoms with E-state index in [1.807, 2.05) is 18.2 Å². The molecule has 0 unspecified atom stereocenters. The molecule has 2 aromatic rings. The number of rotatable bonds is 16. The van der Waals surface area contributed by atoms with Crippen molar-refractivity contribution in [3.05, 3.63) is 57.6 Å². The molecule has 8 heteroatoms. The zero-order valence-corrected chi connectivity index (χ0v) is 22.4. The predicted molar refractivity (Wildman–Crippen MR) is 143 cm³/mol. The molecule has 0 spiro atoms. The fourth-order valence-corrected chi connectivity index (χ4v) is 4.21. The average Bonchev–Trinajstić information content (AvgIpc) is 2.86. The van der Waals surface area contributed by atoms with E-state index < -0.39 is 0 Å². The third kappa shape index (κ3) is 9.61. The summed E-state index contributed by atoms with van der Waals surface area (Å²) < 4.78 is 11.8. The lowest BCUT2D eigenvalue weighted by atomic mass is 10.0. The molecule has 6 nitrogen and oxygen atoms in total. The summed E-state index contributed by atoms with van der Waals surface area (Å²) in [6, 6.07) is 10.7. The third-order valence-corrected chi connectivity index (χ3v) is 6.07. The second-order valence-electron chi connectivity index (χ2n) is 8.19. The van der Waals surface area contributed by atoms with Crippen molar-refractivity contribution in [3.8, 4) is 11.5 Å². The van der Waals surface area contributed by atoms with Gasteiger partial charge >= 0.3 is 0 Å². The molecular formula is C27H36Cl2N2O4. The molecule has 1 N–H and O–H groups in total. The van der Waals surface area contributed by atoms with Crippen molar-refractivity contribution in [2.24, 2.45) is 5.16 Å². The first kappa shape index (κ1) is 28.8. The minimum Gasteiger partial charge on any atom is -0.490 e. The molecule has 0 heterocycles. The first-order chi connectivity index (χ1) is 17.0. The summed E-state index contributed by atoms with van der Waals surface area (Å²) in [5, 5.41) is 7.24. The average molecular weight is 524 g/mol. The molecule has 0 aromatic heterocycles. The van der Waals surface area contributed by atoms with Crippen molar-refractivity contribution < 1.29 is 19.1 Å². The Kier molecular flexibility index (Phi) is 13.4. The van der Waals surface area contributed by atoms with Crippen LogP contribution in [0.4, 0.5) is 0 Å². The lowest BCUT2D eigenvalue weighted by Gasteiger charge is -2.14. The Morgan fingerprint density at radius 1 is 0.943 bits per heavy atom. The maximum atomic E-state index is 12.2. The number of benzene rings is 2. The third-order valence-electron chi connectivity index (χ3n) is 5.51. The molecule has 0 saturated carbocycles. The van der Waals surface area contributed by atoms with Gasteiger partial charge < -0.3 is 19.6 Å². The molecule has 1 amide bonds. The van der Waals surface area contributed by atoms with Gasteiger partial charge in [-0.15, -0.1) is 0 Å². The van der Waals surface area contributed by atoms with E-state index in [1.165, 1.54) is 52.7 Å². The van der Waals surface area contributed by atoms with Crippen LogP contribution >= 0.6 is 23.2 Å². The van der Waals surface area contributed by atoms with Crippen LogP contribution < -0.4 is 14.8 Å². The Bertz CT molecular complexity index is 943. The highest BCUT2D eigenvalue weighted by molar-refractivity contribution is 6.45. The summed E-state index contributed by atoms with van der Waals surface area (Å²) in [5.74, 6) is 0.612. The Balaban J connectivity index is 1.94. The number of hydrogen-bond acceptors (Lipinski definition) is 5. The SMILES string of the molecule is CCCCCCCCCCOc1c(Cl)cc(OCc2ccccc2C(=NOC)C(=O)NC)cc1Cl. The standard InChI is InChI=1S/C27H36Cl2N2O4/c1-4-5-6-7-8-9-10-13-16-34-26-23(28)17-21(18-24(26)29)35-19-20-14-11-12-15-22(20)25(31-33-3)27(32)30-2/h11-12,14-15,17-18H,4-10,13,16,19H2,1-3H3,(H,30,32). The van der Waals surface area contributed by atoms with Gasteiger partial charge in [0, 0.05) is 24.7 Å². The summed E-state index contributed by atoms with van der Waals surface area (Å²) in [4.78, 5) is 17.1. The fourth-order valence-electron chi connectivity index (χ4n) is 3.63. The van der Waals surface area contributed by atoms with Gasteiger partial charge in [-0.05, 0) is 12.0 Å². The fraction of sp³-hybridized carbons (Fsp3) is 0.481. The lowest BCUT2D eigenvalue weighted by molar-refractivity contribution is -0.114. The Morgan fingerprint density at radius 2 is 1.57 bits per heavy atom. The molecule has 0 radical (unpaired) electrons. The zero-order chi connectivity index (χ0) is 25.5. The van der Waals surface area contributed by atoms with Crippen molar-refractivity contribution in [2.45, 2.75) is 64.9 Å². The van der Waals surface area contributed by atoms with E-state index in [0.29, 0.717) is 33.7 Å². The summed E-state index contributed by atoms with van der Waals surface area (Å²) in [6.07, 6.45) is 9.83. The predicted octanol–water partition coefficient (Wildman–Crippen LogP) is 7.19. The van der Waals surface area contributed by atoms with Gasteiger partial charge in [-0.1, -0.05) is 104 Å².